The molecular formula is C21H19ClF3NO5. The van der Waals surface area contributed by atoms with Crippen LogP contribution in [0.5, 0.6) is 0 Å². The van der Waals surface area contributed by atoms with Crippen LogP contribution < -0.4 is 0 Å². The minimum atomic E-state index is -1.59. The van der Waals surface area contributed by atoms with Gasteiger partial charge in [0.05, 0.1) is 27.1 Å². The van der Waals surface area contributed by atoms with Crippen LogP contribution in [0.4, 0.5) is 13.2 Å². The standard InChI is InChI=1S/C21H19ClF3NO5/c1-28-9-15(21(27)30-3)13-5-4-6-16(22)14(13)10-31-26-19(11-29-2)12-7-17(23)20(25)18(24)8-12/h4-9H,10-11H2,1-3H3/b15-9+,26-19+. The fourth-order valence-corrected chi connectivity index (χ4v) is 2.83. The van der Waals surface area contributed by atoms with Crippen LogP contribution >= 0.6 is 11.6 Å². The lowest BCUT2D eigenvalue weighted by Crippen LogP contribution is -2.12. The zero-order chi connectivity index (χ0) is 23.0. The maximum atomic E-state index is 13.6. The molecule has 0 bridgehead atoms. The molecule has 31 heavy (non-hydrogen) atoms. The summed E-state index contributed by atoms with van der Waals surface area (Å²) in [6.07, 6.45) is 1.20. The Bertz CT molecular complexity index is 987. The molecule has 0 atom stereocenters. The van der Waals surface area contributed by atoms with Gasteiger partial charge in [0.15, 0.2) is 17.5 Å². The lowest BCUT2D eigenvalue weighted by atomic mass is 10.0. The summed E-state index contributed by atoms with van der Waals surface area (Å²) in [5, 5.41) is 4.12. The third kappa shape index (κ3) is 5.99. The lowest BCUT2D eigenvalue weighted by Gasteiger charge is -2.13. The van der Waals surface area contributed by atoms with E-state index in [1.54, 1.807) is 18.2 Å². The molecule has 2 aromatic carbocycles. The number of esters is 1. The van der Waals surface area contributed by atoms with Gasteiger partial charge < -0.3 is 19.0 Å². The van der Waals surface area contributed by atoms with Gasteiger partial charge in [-0.25, -0.2) is 18.0 Å². The Morgan fingerprint density at radius 1 is 1.13 bits per heavy atom. The first-order chi connectivity index (χ1) is 14.8. The molecule has 0 unspecified atom stereocenters. The zero-order valence-electron chi connectivity index (χ0n) is 16.9. The predicted molar refractivity (Wildman–Crippen MR) is 108 cm³/mol. The van der Waals surface area contributed by atoms with Crippen LogP contribution in [0.25, 0.3) is 5.57 Å². The molecule has 0 aliphatic heterocycles. The molecule has 2 aromatic rings. The van der Waals surface area contributed by atoms with Crippen molar-refractivity contribution < 1.29 is 37.0 Å². The maximum Gasteiger partial charge on any atom is 0.341 e. The molecule has 0 aliphatic rings. The van der Waals surface area contributed by atoms with Crippen LogP contribution in [0.3, 0.4) is 0 Å². The van der Waals surface area contributed by atoms with Crippen molar-refractivity contribution in [3.05, 3.63) is 75.8 Å². The van der Waals surface area contributed by atoms with E-state index >= 15 is 0 Å². The van der Waals surface area contributed by atoms with Gasteiger partial charge in [-0.15, -0.1) is 0 Å². The largest absolute Gasteiger partial charge is 0.503 e. The number of methoxy groups -OCH3 is 3. The third-order valence-electron chi connectivity index (χ3n) is 4.03. The molecule has 10 heteroatoms. The molecule has 0 spiro atoms. The van der Waals surface area contributed by atoms with E-state index in [4.69, 9.17) is 30.6 Å². The number of carbonyl (C=O) groups is 1. The number of nitrogens with zero attached hydrogens (tertiary/aromatic N) is 1. The van der Waals surface area contributed by atoms with Crippen LogP contribution in [-0.4, -0.2) is 39.6 Å². The molecule has 166 valence electrons. The second-order valence-corrected chi connectivity index (χ2v) is 6.43. The van der Waals surface area contributed by atoms with Crippen molar-refractivity contribution in [1.82, 2.24) is 0 Å². The topological polar surface area (TPSA) is 66.4 Å². The van der Waals surface area contributed by atoms with Crippen molar-refractivity contribution in [3.63, 3.8) is 0 Å². The zero-order valence-corrected chi connectivity index (χ0v) is 17.6. The average Bonchev–Trinajstić information content (AvgIpc) is 2.75. The van der Waals surface area contributed by atoms with E-state index in [2.05, 4.69) is 5.16 Å². The number of benzene rings is 2. The van der Waals surface area contributed by atoms with E-state index in [1.165, 1.54) is 27.6 Å². The molecule has 2 rings (SSSR count). The molecule has 0 saturated carbocycles. The number of carbonyl (C=O) groups excluding carboxylic acids is 1. The van der Waals surface area contributed by atoms with Crippen LogP contribution in [0.15, 0.2) is 41.7 Å². The number of rotatable bonds is 9. The number of hydrogen-bond donors (Lipinski definition) is 0. The van der Waals surface area contributed by atoms with E-state index in [0.717, 1.165) is 12.1 Å². The molecule has 0 heterocycles. The summed E-state index contributed by atoms with van der Waals surface area (Å²) < 4.78 is 55.1. The fourth-order valence-electron chi connectivity index (χ4n) is 2.60. The van der Waals surface area contributed by atoms with E-state index < -0.39 is 23.4 Å². The summed E-state index contributed by atoms with van der Waals surface area (Å²) in [5.74, 6) is -5.01. The van der Waals surface area contributed by atoms with Gasteiger partial charge in [-0.05, 0) is 18.2 Å². The van der Waals surface area contributed by atoms with Crippen molar-refractivity contribution in [2.45, 2.75) is 6.61 Å². The summed E-state index contributed by atoms with van der Waals surface area (Å²) in [4.78, 5) is 17.4. The van der Waals surface area contributed by atoms with Gasteiger partial charge in [-0.1, -0.05) is 28.9 Å². The van der Waals surface area contributed by atoms with Crippen LogP contribution in [0.2, 0.25) is 5.02 Å². The molecule has 0 fully saturated rings. The summed E-state index contributed by atoms with van der Waals surface area (Å²) in [6.45, 7) is -0.386. The molecule has 0 radical (unpaired) electrons. The van der Waals surface area contributed by atoms with Crippen LogP contribution in [0, 0.1) is 17.5 Å². The normalized spacial score (nSPS) is 12.0. The highest BCUT2D eigenvalue weighted by Crippen LogP contribution is 2.28. The molecule has 0 amide bonds. The average molecular weight is 458 g/mol. The number of ether oxygens (including phenoxy) is 3. The Hall–Kier alpha value is -3.04. The molecular weight excluding hydrogens is 439 g/mol. The van der Waals surface area contributed by atoms with Crippen molar-refractivity contribution in [1.29, 1.82) is 0 Å². The fraction of sp³-hybridized carbons (Fsp3) is 0.238. The Morgan fingerprint density at radius 2 is 1.81 bits per heavy atom. The number of halogens is 4. The number of oxime groups is 1. The minimum Gasteiger partial charge on any atom is -0.503 e. The van der Waals surface area contributed by atoms with Gasteiger partial charge in [0.1, 0.15) is 17.9 Å². The first-order valence-electron chi connectivity index (χ1n) is 8.75. The van der Waals surface area contributed by atoms with Gasteiger partial charge in [-0.3, -0.25) is 0 Å². The highest BCUT2D eigenvalue weighted by atomic mass is 35.5. The Labute approximate surface area is 181 Å². The molecule has 0 saturated heterocycles. The highest BCUT2D eigenvalue weighted by Gasteiger charge is 2.20. The molecule has 0 aromatic heterocycles. The third-order valence-corrected chi connectivity index (χ3v) is 4.39. The first kappa shape index (κ1) is 24.2. The van der Waals surface area contributed by atoms with Gasteiger partial charge in [0.25, 0.3) is 0 Å². The second kappa shape index (κ2) is 11.4. The number of hydrogen-bond acceptors (Lipinski definition) is 6. The van der Waals surface area contributed by atoms with Crippen molar-refractivity contribution in [3.8, 4) is 0 Å². The lowest BCUT2D eigenvalue weighted by molar-refractivity contribution is -0.133. The van der Waals surface area contributed by atoms with E-state index in [-0.39, 0.29) is 35.1 Å². The summed E-state index contributed by atoms with van der Waals surface area (Å²) in [7, 11) is 3.93. The molecule has 6 nitrogen and oxygen atoms in total. The van der Waals surface area contributed by atoms with Gasteiger partial charge in [0.2, 0.25) is 0 Å². The van der Waals surface area contributed by atoms with E-state index in [1.807, 2.05) is 0 Å². The van der Waals surface area contributed by atoms with Gasteiger partial charge >= 0.3 is 5.97 Å². The van der Waals surface area contributed by atoms with E-state index in [9.17, 15) is 18.0 Å². The smallest absolute Gasteiger partial charge is 0.341 e. The minimum absolute atomic E-state index is 0.00882. The monoisotopic (exact) mass is 457 g/mol. The van der Waals surface area contributed by atoms with E-state index in [0.29, 0.717) is 11.1 Å². The summed E-state index contributed by atoms with van der Waals surface area (Å²) >= 11 is 6.26. The highest BCUT2D eigenvalue weighted by molar-refractivity contribution is 6.32. The molecule has 0 aliphatic carbocycles. The quantitative estimate of drug-likeness (QED) is 0.139. The van der Waals surface area contributed by atoms with Crippen molar-refractivity contribution in [2.75, 3.05) is 27.9 Å². The first-order valence-corrected chi connectivity index (χ1v) is 9.13. The Kier molecular flexibility index (Phi) is 8.89. The van der Waals surface area contributed by atoms with Crippen molar-refractivity contribution in [2.24, 2.45) is 5.16 Å². The Morgan fingerprint density at radius 3 is 2.39 bits per heavy atom. The maximum absolute atomic E-state index is 13.6. The van der Waals surface area contributed by atoms with Crippen LogP contribution in [-0.2, 0) is 30.4 Å². The SMILES string of the molecule is CO/C=C(/C(=O)OC)c1cccc(Cl)c1CO/N=C(\COC)c1cc(F)c(F)c(F)c1. The van der Waals surface area contributed by atoms with Gasteiger partial charge in [-0.2, -0.15) is 0 Å². The molecule has 0 N–H and O–H groups in total. The summed E-state index contributed by atoms with van der Waals surface area (Å²) in [6, 6.07) is 6.36. The summed E-state index contributed by atoms with van der Waals surface area (Å²) in [5.41, 5.74) is 0.801. The van der Waals surface area contributed by atoms with Crippen LogP contribution in [0.1, 0.15) is 16.7 Å². The predicted octanol–water partition coefficient (Wildman–Crippen LogP) is 4.48. The Balaban J connectivity index is 2.37. The van der Waals surface area contributed by atoms with Gasteiger partial charge in [0, 0.05) is 28.8 Å². The van der Waals surface area contributed by atoms with Crippen molar-refractivity contribution >= 4 is 28.9 Å². The second-order valence-electron chi connectivity index (χ2n) is 6.02.